The van der Waals surface area contributed by atoms with Gasteiger partial charge in [0.1, 0.15) is 11.4 Å². The van der Waals surface area contributed by atoms with Crippen LogP contribution in [-0.4, -0.2) is 23.6 Å². The Kier molecular flexibility index (Phi) is 4.79. The third-order valence-electron chi connectivity index (χ3n) is 3.59. The van der Waals surface area contributed by atoms with Crippen molar-refractivity contribution in [3.8, 4) is 0 Å². The fourth-order valence-corrected chi connectivity index (χ4v) is 2.98. The van der Waals surface area contributed by atoms with Crippen LogP contribution in [0.25, 0.3) is 0 Å². The van der Waals surface area contributed by atoms with E-state index in [-0.39, 0.29) is 5.60 Å². The van der Waals surface area contributed by atoms with Crippen LogP contribution in [0.1, 0.15) is 51.0 Å². The molecule has 1 atom stereocenters. The number of ether oxygens (including phenoxy) is 1. The van der Waals surface area contributed by atoms with E-state index < -0.39 is 0 Å². The zero-order valence-electron chi connectivity index (χ0n) is 11.9. The predicted octanol–water partition coefficient (Wildman–Crippen LogP) is 3.65. The van der Waals surface area contributed by atoms with Gasteiger partial charge < -0.3 is 10.1 Å². The normalized spacial score (nSPS) is 23.4. The van der Waals surface area contributed by atoms with Gasteiger partial charge in [0.05, 0.1) is 10.2 Å². The second kappa shape index (κ2) is 6.18. The smallest absolute Gasteiger partial charge is 0.162 e. The summed E-state index contributed by atoms with van der Waals surface area (Å²) in [5.41, 5.74) is 0.722. The molecule has 5 heteroatoms. The van der Waals surface area contributed by atoms with E-state index in [2.05, 4.69) is 40.1 Å². The summed E-state index contributed by atoms with van der Waals surface area (Å²) in [7, 11) is 1.89. The Morgan fingerprint density at radius 3 is 2.74 bits per heavy atom. The van der Waals surface area contributed by atoms with E-state index in [1.165, 1.54) is 6.42 Å². The molecule has 1 aromatic rings. The summed E-state index contributed by atoms with van der Waals surface area (Å²) in [6.45, 7) is 5.06. The zero-order valence-corrected chi connectivity index (χ0v) is 13.5. The number of aryl methyl sites for hydroxylation is 1. The van der Waals surface area contributed by atoms with Crippen molar-refractivity contribution in [3.63, 3.8) is 0 Å². The minimum Gasteiger partial charge on any atom is -0.372 e. The molecule has 1 N–H and O–H groups in total. The third kappa shape index (κ3) is 3.08. The molecule has 1 saturated heterocycles. The van der Waals surface area contributed by atoms with Crippen molar-refractivity contribution in [2.24, 2.45) is 0 Å². The summed E-state index contributed by atoms with van der Waals surface area (Å²) in [6.07, 6.45) is 5.31. The van der Waals surface area contributed by atoms with Gasteiger partial charge in [0.15, 0.2) is 5.82 Å². The number of rotatable bonds is 4. The molecule has 0 amide bonds. The number of hydrogen-bond acceptors (Lipinski definition) is 4. The van der Waals surface area contributed by atoms with E-state index in [0.29, 0.717) is 0 Å². The Morgan fingerprint density at radius 2 is 2.16 bits per heavy atom. The second-order valence-corrected chi connectivity index (χ2v) is 5.99. The molecule has 0 aliphatic carbocycles. The van der Waals surface area contributed by atoms with Crippen molar-refractivity contribution < 1.29 is 4.74 Å². The summed E-state index contributed by atoms with van der Waals surface area (Å²) in [5.74, 6) is 1.66. The van der Waals surface area contributed by atoms with Crippen LogP contribution in [0.5, 0.6) is 0 Å². The predicted molar refractivity (Wildman–Crippen MR) is 80.4 cm³/mol. The maximum atomic E-state index is 5.96. The topological polar surface area (TPSA) is 47.0 Å². The molecule has 0 spiro atoms. The fraction of sp³-hybridized carbons (Fsp3) is 0.714. The van der Waals surface area contributed by atoms with E-state index in [4.69, 9.17) is 9.72 Å². The Morgan fingerprint density at radius 1 is 1.37 bits per heavy atom. The average molecular weight is 328 g/mol. The first-order valence-electron chi connectivity index (χ1n) is 6.99. The summed E-state index contributed by atoms with van der Waals surface area (Å²) in [4.78, 5) is 9.38. The van der Waals surface area contributed by atoms with E-state index in [0.717, 1.165) is 54.1 Å². The number of hydrogen-bond donors (Lipinski definition) is 1. The van der Waals surface area contributed by atoms with Gasteiger partial charge in [0.2, 0.25) is 0 Å². The van der Waals surface area contributed by atoms with Gasteiger partial charge in [-0.15, -0.1) is 0 Å². The van der Waals surface area contributed by atoms with Crippen molar-refractivity contribution >= 4 is 21.7 Å². The number of halogens is 1. The molecule has 106 valence electrons. The van der Waals surface area contributed by atoms with Crippen LogP contribution in [0, 0.1) is 0 Å². The lowest BCUT2D eigenvalue weighted by Crippen LogP contribution is -2.33. The highest BCUT2D eigenvalue weighted by atomic mass is 79.9. The van der Waals surface area contributed by atoms with Crippen molar-refractivity contribution in [2.75, 3.05) is 19.0 Å². The quantitative estimate of drug-likeness (QED) is 0.916. The maximum Gasteiger partial charge on any atom is 0.162 e. The summed E-state index contributed by atoms with van der Waals surface area (Å²) in [5, 5.41) is 3.14. The Balaban J connectivity index is 2.41. The molecule has 1 fully saturated rings. The van der Waals surface area contributed by atoms with Gasteiger partial charge in [0.25, 0.3) is 0 Å². The Hall–Kier alpha value is -0.680. The molecule has 0 bridgehead atoms. The highest BCUT2D eigenvalue weighted by Crippen LogP contribution is 2.35. The standard InChI is InChI=1S/C14H22BrN3O/c1-4-7-10-11(15)12(16-3)18-13(17-10)14(2)8-5-6-9-19-14/h4-9H2,1-3H3,(H,16,17,18). The Labute approximate surface area is 123 Å². The monoisotopic (exact) mass is 327 g/mol. The molecule has 4 nitrogen and oxygen atoms in total. The maximum absolute atomic E-state index is 5.96. The van der Waals surface area contributed by atoms with E-state index >= 15 is 0 Å². The first kappa shape index (κ1) is 14.7. The van der Waals surface area contributed by atoms with Crippen molar-refractivity contribution in [1.29, 1.82) is 0 Å². The average Bonchev–Trinajstić information content (AvgIpc) is 2.42. The molecule has 2 rings (SSSR count). The van der Waals surface area contributed by atoms with Gasteiger partial charge in [-0.25, -0.2) is 9.97 Å². The molecule has 0 saturated carbocycles. The van der Waals surface area contributed by atoms with E-state index in [1.54, 1.807) is 0 Å². The van der Waals surface area contributed by atoms with Crippen LogP contribution < -0.4 is 5.32 Å². The number of aromatic nitrogens is 2. The van der Waals surface area contributed by atoms with Crippen molar-refractivity contribution in [3.05, 3.63) is 16.0 Å². The molecular formula is C14H22BrN3O. The zero-order chi connectivity index (χ0) is 13.9. The molecule has 1 aliphatic heterocycles. The SMILES string of the molecule is CCCc1nc(C2(C)CCCCO2)nc(NC)c1Br. The van der Waals surface area contributed by atoms with Crippen LogP contribution in [0.4, 0.5) is 5.82 Å². The highest BCUT2D eigenvalue weighted by Gasteiger charge is 2.34. The molecule has 0 aromatic carbocycles. The third-order valence-corrected chi connectivity index (χ3v) is 4.42. The molecule has 1 unspecified atom stereocenters. The summed E-state index contributed by atoms with van der Waals surface area (Å²) < 4.78 is 6.93. The molecular weight excluding hydrogens is 306 g/mol. The summed E-state index contributed by atoms with van der Waals surface area (Å²) >= 11 is 3.59. The van der Waals surface area contributed by atoms with Gasteiger partial charge >= 0.3 is 0 Å². The van der Waals surface area contributed by atoms with Gasteiger partial charge in [-0.1, -0.05) is 13.3 Å². The number of nitrogens with zero attached hydrogens (tertiary/aromatic N) is 2. The molecule has 0 radical (unpaired) electrons. The highest BCUT2D eigenvalue weighted by molar-refractivity contribution is 9.10. The first-order valence-corrected chi connectivity index (χ1v) is 7.78. The minimum atomic E-state index is -0.340. The van der Waals surface area contributed by atoms with E-state index in [1.807, 2.05) is 7.05 Å². The van der Waals surface area contributed by atoms with Crippen molar-refractivity contribution in [2.45, 2.75) is 51.6 Å². The van der Waals surface area contributed by atoms with Crippen LogP contribution in [-0.2, 0) is 16.8 Å². The molecule has 2 heterocycles. The van der Waals surface area contributed by atoms with Gasteiger partial charge in [-0.05, 0) is 48.5 Å². The number of anilines is 1. The fourth-order valence-electron chi connectivity index (χ4n) is 2.41. The van der Waals surface area contributed by atoms with Gasteiger partial charge in [-0.2, -0.15) is 0 Å². The first-order chi connectivity index (χ1) is 9.10. The molecule has 19 heavy (non-hydrogen) atoms. The van der Waals surface area contributed by atoms with Crippen LogP contribution >= 0.6 is 15.9 Å². The Bertz CT molecular complexity index is 445. The largest absolute Gasteiger partial charge is 0.372 e. The van der Waals surface area contributed by atoms with Gasteiger partial charge in [-0.3, -0.25) is 0 Å². The number of nitrogens with one attached hydrogen (secondary N) is 1. The van der Waals surface area contributed by atoms with E-state index in [9.17, 15) is 0 Å². The van der Waals surface area contributed by atoms with Crippen LogP contribution in [0.2, 0.25) is 0 Å². The van der Waals surface area contributed by atoms with Gasteiger partial charge in [0, 0.05) is 13.7 Å². The van der Waals surface area contributed by atoms with Crippen LogP contribution in [0.15, 0.2) is 4.47 Å². The lowest BCUT2D eigenvalue weighted by molar-refractivity contribution is -0.0761. The molecule has 1 aromatic heterocycles. The second-order valence-electron chi connectivity index (χ2n) is 5.19. The van der Waals surface area contributed by atoms with Crippen molar-refractivity contribution in [1.82, 2.24) is 9.97 Å². The lowest BCUT2D eigenvalue weighted by atomic mass is 9.95. The minimum absolute atomic E-state index is 0.340. The lowest BCUT2D eigenvalue weighted by Gasteiger charge is -2.33. The summed E-state index contributed by atoms with van der Waals surface area (Å²) in [6, 6.07) is 0. The van der Waals surface area contributed by atoms with Crippen LogP contribution in [0.3, 0.4) is 0 Å². The molecule has 1 aliphatic rings.